The highest BCUT2D eigenvalue weighted by Gasteiger charge is 2.14. The van der Waals surface area contributed by atoms with Gasteiger partial charge in [0.15, 0.2) is 6.29 Å². The van der Waals surface area contributed by atoms with Gasteiger partial charge in [0.25, 0.3) is 0 Å². The third-order valence-electron chi connectivity index (χ3n) is 2.29. The maximum atomic E-state index is 8.31. The lowest BCUT2D eigenvalue weighted by Crippen LogP contribution is -2.23. The predicted molar refractivity (Wildman–Crippen MR) is 66.0 cm³/mol. The number of hydrogen-bond acceptors (Lipinski definition) is 3. The molecule has 86 valence electrons. The molecule has 5 nitrogen and oxygen atoms in total. The van der Waals surface area contributed by atoms with E-state index < -0.39 is 0 Å². The molecule has 6 heteroatoms. The lowest BCUT2D eigenvalue weighted by molar-refractivity contribution is -0.163. The van der Waals surface area contributed by atoms with E-state index in [0.29, 0.717) is 6.61 Å². The molecule has 0 spiro atoms. The van der Waals surface area contributed by atoms with Crippen LogP contribution < -0.4 is 0 Å². The topological polar surface area (TPSA) is 67.2 Å². The van der Waals surface area contributed by atoms with Crippen molar-refractivity contribution in [3.63, 3.8) is 0 Å². The number of hydrogen-bond donors (Lipinski definition) is 0. The van der Waals surface area contributed by atoms with Crippen LogP contribution in [-0.4, -0.2) is 30.0 Å². The van der Waals surface area contributed by atoms with Crippen LogP contribution in [0.15, 0.2) is 5.11 Å². The molecule has 0 radical (unpaired) electrons. The molecule has 0 aromatic rings. The van der Waals surface area contributed by atoms with E-state index in [-0.39, 0.29) is 12.3 Å². The Hall–Kier alpha value is -0.0400. The smallest absolute Gasteiger partial charge is 0.157 e. The van der Waals surface area contributed by atoms with Crippen LogP contribution in [0.3, 0.4) is 0 Å². The normalized spacial score (nSPS) is 23.1. The average molecular weight is 325 g/mol. The van der Waals surface area contributed by atoms with Gasteiger partial charge in [0, 0.05) is 22.0 Å². The second kappa shape index (κ2) is 8.15. The molecule has 1 aliphatic heterocycles. The third-order valence-corrected chi connectivity index (χ3v) is 3.30. The van der Waals surface area contributed by atoms with Gasteiger partial charge in [0.1, 0.15) is 0 Å². The molecule has 1 saturated heterocycles. The Labute approximate surface area is 103 Å². The van der Waals surface area contributed by atoms with Crippen molar-refractivity contribution in [2.45, 2.75) is 38.0 Å². The van der Waals surface area contributed by atoms with Crippen LogP contribution >= 0.6 is 22.6 Å². The molecule has 1 rings (SSSR count). The number of azide groups is 1. The molecule has 15 heavy (non-hydrogen) atoms. The summed E-state index contributed by atoms with van der Waals surface area (Å²) in [5.74, 6) is 0. The molecule has 0 amide bonds. The fraction of sp³-hybridized carbons (Fsp3) is 1.00. The van der Waals surface area contributed by atoms with E-state index in [2.05, 4.69) is 32.6 Å². The van der Waals surface area contributed by atoms with Gasteiger partial charge in [-0.25, -0.2) is 0 Å². The molecule has 2 atom stereocenters. The van der Waals surface area contributed by atoms with Crippen molar-refractivity contribution in [2.75, 3.05) is 17.6 Å². The predicted octanol–water partition coefficient (Wildman–Crippen LogP) is 3.03. The Balaban J connectivity index is 2.10. The zero-order valence-corrected chi connectivity index (χ0v) is 10.8. The van der Waals surface area contributed by atoms with E-state index in [4.69, 9.17) is 15.0 Å². The molecule has 0 aromatic carbocycles. The highest BCUT2D eigenvalue weighted by Crippen LogP contribution is 2.14. The van der Waals surface area contributed by atoms with Crippen molar-refractivity contribution in [1.29, 1.82) is 0 Å². The van der Waals surface area contributed by atoms with Crippen LogP contribution in [0.5, 0.6) is 0 Å². The van der Waals surface area contributed by atoms with Gasteiger partial charge >= 0.3 is 0 Å². The number of rotatable bonds is 6. The second-order valence-electron chi connectivity index (χ2n) is 3.47. The van der Waals surface area contributed by atoms with Crippen molar-refractivity contribution in [3.05, 3.63) is 10.4 Å². The summed E-state index contributed by atoms with van der Waals surface area (Å²) in [6, 6.07) is 0.0409. The minimum atomic E-state index is -0.0420. The molecule has 0 N–H and O–H groups in total. The summed E-state index contributed by atoms with van der Waals surface area (Å²) in [7, 11) is 0. The molecule has 0 saturated carbocycles. The maximum absolute atomic E-state index is 8.31. The second-order valence-corrected chi connectivity index (χ2v) is 4.35. The summed E-state index contributed by atoms with van der Waals surface area (Å²) in [5.41, 5.74) is 8.31. The van der Waals surface area contributed by atoms with Crippen LogP contribution in [0.25, 0.3) is 10.4 Å². The highest BCUT2D eigenvalue weighted by atomic mass is 127. The summed E-state index contributed by atoms with van der Waals surface area (Å²) in [5, 5.41) is 3.68. The van der Waals surface area contributed by atoms with E-state index >= 15 is 0 Å². The Bertz CT molecular complexity index is 215. The van der Waals surface area contributed by atoms with Gasteiger partial charge in [-0.1, -0.05) is 27.7 Å². The Kier molecular flexibility index (Phi) is 7.08. The lowest BCUT2D eigenvalue weighted by Gasteiger charge is -2.23. The van der Waals surface area contributed by atoms with Crippen molar-refractivity contribution in [2.24, 2.45) is 5.11 Å². The molecule has 0 aromatic heterocycles. The van der Waals surface area contributed by atoms with E-state index in [1.165, 1.54) is 6.42 Å². The van der Waals surface area contributed by atoms with Crippen molar-refractivity contribution in [1.82, 2.24) is 0 Å². The van der Waals surface area contributed by atoms with Gasteiger partial charge in [-0.2, -0.15) is 0 Å². The first-order valence-electron chi connectivity index (χ1n) is 5.20. The minimum absolute atomic E-state index is 0.0409. The first kappa shape index (κ1) is 13.0. The van der Waals surface area contributed by atoms with Crippen molar-refractivity contribution >= 4 is 22.6 Å². The van der Waals surface area contributed by atoms with E-state index in [1.807, 2.05) is 0 Å². The van der Waals surface area contributed by atoms with E-state index in [1.54, 1.807) is 0 Å². The number of halogens is 1. The van der Waals surface area contributed by atoms with Gasteiger partial charge in [-0.15, -0.1) is 0 Å². The lowest BCUT2D eigenvalue weighted by atomic mass is 10.2. The van der Waals surface area contributed by atoms with Gasteiger partial charge in [0.05, 0.1) is 6.61 Å². The van der Waals surface area contributed by atoms with Crippen LogP contribution in [0.1, 0.15) is 25.7 Å². The molecule has 1 aliphatic rings. The number of nitrogens with zero attached hydrogens (tertiary/aromatic N) is 3. The van der Waals surface area contributed by atoms with Gasteiger partial charge < -0.3 is 9.47 Å². The minimum Gasteiger partial charge on any atom is -0.353 e. The van der Waals surface area contributed by atoms with E-state index in [0.717, 1.165) is 30.3 Å². The zero-order chi connectivity index (χ0) is 10.9. The van der Waals surface area contributed by atoms with Crippen molar-refractivity contribution < 1.29 is 9.47 Å². The molecular weight excluding hydrogens is 309 g/mol. The van der Waals surface area contributed by atoms with Crippen LogP contribution in [0, 0.1) is 0 Å². The monoisotopic (exact) mass is 325 g/mol. The quantitative estimate of drug-likeness (QED) is 0.248. The Morgan fingerprint density at radius 2 is 2.47 bits per heavy atom. The number of ether oxygens (including phenoxy) is 2. The molecule has 2 unspecified atom stereocenters. The molecule has 0 bridgehead atoms. The fourth-order valence-corrected chi connectivity index (χ4v) is 2.03. The third kappa shape index (κ3) is 5.55. The molecule has 1 fully saturated rings. The molecule has 0 aliphatic carbocycles. The first-order valence-corrected chi connectivity index (χ1v) is 6.72. The van der Waals surface area contributed by atoms with E-state index in [9.17, 15) is 0 Å². The van der Waals surface area contributed by atoms with Gasteiger partial charge in [0.2, 0.25) is 0 Å². The SMILES string of the molecule is [N-]=[N+]=NC(CI)CCOC1CCCCO1. The van der Waals surface area contributed by atoms with Gasteiger partial charge in [-0.05, 0) is 31.2 Å². The highest BCUT2D eigenvalue weighted by molar-refractivity contribution is 14.1. The average Bonchev–Trinajstić information content (AvgIpc) is 2.29. The first-order chi connectivity index (χ1) is 7.36. The Morgan fingerprint density at radius 3 is 3.07 bits per heavy atom. The Morgan fingerprint density at radius 1 is 1.60 bits per heavy atom. The standard InChI is InChI=1S/C9H16IN3O2/c10-7-8(12-13-11)4-6-15-9-3-1-2-5-14-9/h8-9H,1-7H2. The summed E-state index contributed by atoms with van der Waals surface area (Å²) in [4.78, 5) is 2.81. The summed E-state index contributed by atoms with van der Waals surface area (Å²) < 4.78 is 11.8. The number of alkyl halides is 1. The van der Waals surface area contributed by atoms with Gasteiger partial charge in [-0.3, -0.25) is 0 Å². The largest absolute Gasteiger partial charge is 0.353 e. The van der Waals surface area contributed by atoms with Crippen LogP contribution in [0.4, 0.5) is 0 Å². The fourth-order valence-electron chi connectivity index (χ4n) is 1.42. The molecular formula is C9H16IN3O2. The maximum Gasteiger partial charge on any atom is 0.157 e. The van der Waals surface area contributed by atoms with Crippen LogP contribution in [0.2, 0.25) is 0 Å². The van der Waals surface area contributed by atoms with Crippen molar-refractivity contribution in [3.8, 4) is 0 Å². The summed E-state index contributed by atoms with van der Waals surface area (Å²) >= 11 is 2.22. The molecule has 1 heterocycles. The van der Waals surface area contributed by atoms with Crippen LogP contribution in [-0.2, 0) is 9.47 Å². The zero-order valence-electron chi connectivity index (χ0n) is 8.64. The summed E-state index contributed by atoms with van der Waals surface area (Å²) in [6.07, 6.45) is 4.02. The summed E-state index contributed by atoms with van der Waals surface area (Å²) in [6.45, 7) is 1.41.